The minimum absolute atomic E-state index is 0.0663. The number of nitriles is 1. The molecular weight excluding hydrogens is 586 g/mol. The van der Waals surface area contributed by atoms with E-state index in [9.17, 15) is 9.59 Å². The summed E-state index contributed by atoms with van der Waals surface area (Å²) >= 11 is 9.61. The van der Waals surface area contributed by atoms with Crippen LogP contribution in [0.3, 0.4) is 0 Å². The van der Waals surface area contributed by atoms with Crippen LogP contribution in [0.1, 0.15) is 36.9 Å². The van der Waals surface area contributed by atoms with E-state index in [2.05, 4.69) is 11.1 Å². The lowest BCUT2D eigenvalue weighted by molar-refractivity contribution is 0.0777. The van der Waals surface area contributed by atoms with Gasteiger partial charge in [-0.2, -0.15) is 17.0 Å². The Hall–Kier alpha value is -4.10. The van der Waals surface area contributed by atoms with Crippen molar-refractivity contribution >= 4 is 62.3 Å². The highest BCUT2D eigenvalue weighted by atomic mass is 35.5. The van der Waals surface area contributed by atoms with Crippen molar-refractivity contribution in [2.45, 2.75) is 13.1 Å². The molecule has 6 rings (SSSR count). The molecule has 1 fully saturated rings. The number of halogens is 1. The molecule has 0 atom stereocenters. The average molecular weight is 612 g/mol. The van der Waals surface area contributed by atoms with Gasteiger partial charge in [-0.1, -0.05) is 29.8 Å². The maximum atomic E-state index is 14.0. The number of anilines is 1. The van der Waals surface area contributed by atoms with Crippen molar-refractivity contribution in [2.75, 3.05) is 29.5 Å². The second-order valence-electron chi connectivity index (χ2n) is 9.96. The van der Waals surface area contributed by atoms with E-state index in [0.717, 1.165) is 45.9 Å². The first-order valence-corrected chi connectivity index (χ1v) is 15.8. The summed E-state index contributed by atoms with van der Waals surface area (Å²) in [4.78, 5) is 35.9. The maximum absolute atomic E-state index is 14.0. The number of aromatic nitrogens is 2. The van der Waals surface area contributed by atoms with Gasteiger partial charge in [-0.15, -0.1) is 11.3 Å². The van der Waals surface area contributed by atoms with Crippen molar-refractivity contribution in [3.63, 3.8) is 0 Å². The van der Waals surface area contributed by atoms with Gasteiger partial charge in [-0.3, -0.25) is 9.59 Å². The monoisotopic (exact) mass is 611 g/mol. The lowest BCUT2D eigenvalue weighted by Crippen LogP contribution is -2.37. The molecule has 7 nitrogen and oxygen atoms in total. The minimum atomic E-state index is -0.194. The zero-order valence-electron chi connectivity index (χ0n) is 22.6. The van der Waals surface area contributed by atoms with Crippen LogP contribution in [0, 0.1) is 11.3 Å². The molecule has 2 amide bonds. The highest BCUT2D eigenvalue weighted by Crippen LogP contribution is 2.32. The molecule has 0 N–H and O–H groups in total. The molecular formula is C32H26ClN5O2S2. The summed E-state index contributed by atoms with van der Waals surface area (Å²) in [6, 6.07) is 24.3. The highest BCUT2D eigenvalue weighted by Gasteiger charge is 2.23. The third-order valence-corrected chi connectivity index (χ3v) is 9.47. The second kappa shape index (κ2) is 12.4. The van der Waals surface area contributed by atoms with Gasteiger partial charge >= 0.3 is 0 Å². The Labute approximate surface area is 257 Å². The van der Waals surface area contributed by atoms with Crippen molar-refractivity contribution in [2.24, 2.45) is 0 Å². The van der Waals surface area contributed by atoms with Gasteiger partial charge in [0.1, 0.15) is 0 Å². The Morgan fingerprint density at radius 3 is 2.60 bits per heavy atom. The number of thioether (sulfide) groups is 1. The maximum Gasteiger partial charge on any atom is 0.264 e. The molecule has 2 aromatic heterocycles. The number of amides is 2. The van der Waals surface area contributed by atoms with Gasteiger partial charge in [0, 0.05) is 58.3 Å². The summed E-state index contributed by atoms with van der Waals surface area (Å²) in [5.41, 5.74) is 3.66. The second-order valence-corrected chi connectivity index (χ2v) is 12.7. The van der Waals surface area contributed by atoms with E-state index in [0.29, 0.717) is 33.3 Å². The lowest BCUT2D eigenvalue weighted by Gasteiger charge is -2.25. The summed E-state index contributed by atoms with van der Waals surface area (Å²) in [7, 11) is 0. The van der Waals surface area contributed by atoms with Gasteiger partial charge in [-0.25, -0.2) is 4.98 Å². The fourth-order valence-corrected chi connectivity index (χ4v) is 7.05. The highest BCUT2D eigenvalue weighted by molar-refractivity contribution is 7.99. The molecule has 42 heavy (non-hydrogen) atoms. The number of carbonyl (C=O) groups is 2. The van der Waals surface area contributed by atoms with Crippen molar-refractivity contribution in [1.82, 2.24) is 14.5 Å². The van der Waals surface area contributed by atoms with E-state index in [-0.39, 0.29) is 18.4 Å². The fourth-order valence-electron chi connectivity index (χ4n) is 4.95. The molecule has 1 aliphatic heterocycles. The molecule has 210 valence electrons. The van der Waals surface area contributed by atoms with E-state index in [4.69, 9.17) is 16.9 Å². The van der Waals surface area contributed by atoms with E-state index in [1.807, 2.05) is 57.6 Å². The Morgan fingerprint density at radius 1 is 1.02 bits per heavy atom. The number of hydrogen-bond donors (Lipinski definition) is 0. The zero-order chi connectivity index (χ0) is 29.1. The Kier molecular flexibility index (Phi) is 8.29. The number of hydrogen-bond acceptors (Lipinski definition) is 6. The number of thiophene rings is 1. The SMILES string of the molecule is N#Cc1ccc(Cn2cncc2CN(C(=O)c2cccc(Cl)c2)c2ccc3sc(C(=O)N4CCSCC4)cc3c2)cc1. The third-order valence-electron chi connectivity index (χ3n) is 7.19. The van der Waals surface area contributed by atoms with Crippen molar-refractivity contribution in [1.29, 1.82) is 5.26 Å². The standard InChI is InChI=1S/C32H26ClN5O2S2/c33-26-3-1-2-24(14-26)31(39)38(20-28-18-35-21-37(28)19-23-6-4-22(17-34)5-7-23)27-8-9-29-25(15-27)16-30(42-29)32(40)36-10-12-41-13-11-36/h1-9,14-16,18,21H,10-13,19-20H2. The fraction of sp³-hybridized carbons (Fsp3) is 0.188. The smallest absolute Gasteiger partial charge is 0.264 e. The normalized spacial score (nSPS) is 13.2. The number of nitrogens with zero attached hydrogens (tertiary/aromatic N) is 5. The van der Waals surface area contributed by atoms with Crippen LogP contribution in [0.5, 0.6) is 0 Å². The summed E-state index contributed by atoms with van der Waals surface area (Å²) in [5.74, 6) is 1.80. The van der Waals surface area contributed by atoms with E-state index >= 15 is 0 Å². The van der Waals surface area contributed by atoms with E-state index in [1.54, 1.807) is 53.8 Å². The molecule has 3 heterocycles. The lowest BCUT2D eigenvalue weighted by atomic mass is 10.1. The molecule has 0 bridgehead atoms. The van der Waals surface area contributed by atoms with Crippen LogP contribution >= 0.6 is 34.7 Å². The minimum Gasteiger partial charge on any atom is -0.336 e. The Balaban J connectivity index is 1.33. The first-order valence-electron chi connectivity index (χ1n) is 13.4. The summed E-state index contributed by atoms with van der Waals surface area (Å²) in [5, 5.41) is 10.5. The Morgan fingerprint density at radius 2 is 1.83 bits per heavy atom. The predicted molar refractivity (Wildman–Crippen MR) is 170 cm³/mol. The number of benzene rings is 3. The number of carbonyl (C=O) groups excluding carboxylic acids is 2. The molecule has 0 aliphatic carbocycles. The molecule has 1 aliphatic rings. The van der Waals surface area contributed by atoms with Gasteiger partial charge in [0.15, 0.2) is 0 Å². The van der Waals surface area contributed by atoms with Crippen LogP contribution < -0.4 is 4.90 Å². The number of fused-ring (bicyclic) bond motifs is 1. The summed E-state index contributed by atoms with van der Waals surface area (Å²) in [6.45, 7) is 2.35. The van der Waals surface area contributed by atoms with Crippen molar-refractivity contribution in [3.05, 3.63) is 118 Å². The van der Waals surface area contributed by atoms with E-state index in [1.165, 1.54) is 11.3 Å². The largest absolute Gasteiger partial charge is 0.336 e. The molecule has 3 aromatic carbocycles. The topological polar surface area (TPSA) is 82.2 Å². The van der Waals surface area contributed by atoms with Gasteiger partial charge < -0.3 is 14.4 Å². The molecule has 5 aromatic rings. The van der Waals surface area contributed by atoms with Gasteiger partial charge in [0.2, 0.25) is 0 Å². The predicted octanol–water partition coefficient (Wildman–Crippen LogP) is 6.71. The van der Waals surface area contributed by atoms with Gasteiger partial charge in [-0.05, 0) is 65.5 Å². The quantitative estimate of drug-likeness (QED) is 0.204. The first kappa shape index (κ1) is 28.0. The number of imidazole rings is 1. The summed E-state index contributed by atoms with van der Waals surface area (Å²) < 4.78 is 2.99. The van der Waals surface area contributed by atoms with Gasteiger partial charge in [0.25, 0.3) is 11.8 Å². The van der Waals surface area contributed by atoms with Crippen LogP contribution in [-0.4, -0.2) is 50.9 Å². The Bertz CT molecular complexity index is 1800. The van der Waals surface area contributed by atoms with E-state index < -0.39 is 0 Å². The van der Waals surface area contributed by atoms with Crippen LogP contribution in [0.4, 0.5) is 5.69 Å². The molecule has 10 heteroatoms. The molecule has 1 saturated heterocycles. The van der Waals surface area contributed by atoms with Crippen LogP contribution in [0.25, 0.3) is 10.1 Å². The van der Waals surface area contributed by atoms with Crippen molar-refractivity contribution in [3.8, 4) is 6.07 Å². The van der Waals surface area contributed by atoms with Crippen LogP contribution in [-0.2, 0) is 13.1 Å². The number of rotatable bonds is 7. The molecule has 0 saturated carbocycles. The van der Waals surface area contributed by atoms with Crippen LogP contribution in [0.15, 0.2) is 85.3 Å². The molecule has 0 spiro atoms. The average Bonchev–Trinajstić information content (AvgIpc) is 3.66. The third kappa shape index (κ3) is 6.07. The van der Waals surface area contributed by atoms with Crippen molar-refractivity contribution < 1.29 is 9.59 Å². The molecule has 0 unspecified atom stereocenters. The van der Waals surface area contributed by atoms with Crippen LogP contribution in [0.2, 0.25) is 5.02 Å². The molecule has 0 radical (unpaired) electrons. The van der Waals surface area contributed by atoms with Gasteiger partial charge in [0.05, 0.1) is 35.1 Å². The summed E-state index contributed by atoms with van der Waals surface area (Å²) in [6.07, 6.45) is 3.51. The first-order chi connectivity index (χ1) is 20.5. The zero-order valence-corrected chi connectivity index (χ0v) is 25.0.